The minimum Gasteiger partial charge on any atom is -0.493 e. The summed E-state index contributed by atoms with van der Waals surface area (Å²) in [4.78, 5) is 42.1. The molecule has 1 aromatic heterocycles. The number of methoxy groups -OCH3 is 2. The van der Waals surface area contributed by atoms with Crippen molar-refractivity contribution in [2.45, 2.75) is 58.3 Å². The molecular weight excluding hydrogens is 546 g/mol. The van der Waals surface area contributed by atoms with Crippen molar-refractivity contribution in [1.82, 2.24) is 4.98 Å². The molecule has 11 heteroatoms. The van der Waals surface area contributed by atoms with Gasteiger partial charge in [-0.25, -0.2) is 4.98 Å². The summed E-state index contributed by atoms with van der Waals surface area (Å²) in [6, 6.07) is 11.5. The number of carbonyl (C=O) groups excluding carboxylic acids is 3. The molecule has 1 aromatic carbocycles. The topological polar surface area (TPSA) is 129 Å². The molecule has 0 spiro atoms. The maximum atomic E-state index is 13.4. The Morgan fingerprint density at radius 3 is 2.57 bits per heavy atom. The number of carbonyl (C=O) groups is 3. The van der Waals surface area contributed by atoms with E-state index in [0.717, 1.165) is 5.56 Å². The summed E-state index contributed by atoms with van der Waals surface area (Å²) in [5.41, 5.74) is 1.05. The van der Waals surface area contributed by atoms with Crippen LogP contribution >= 0.6 is 0 Å². The van der Waals surface area contributed by atoms with Gasteiger partial charge >= 0.3 is 11.9 Å². The summed E-state index contributed by atoms with van der Waals surface area (Å²) < 4.78 is 39.3. The highest BCUT2D eigenvalue weighted by molar-refractivity contribution is 5.99. The molecule has 1 aliphatic rings. The van der Waals surface area contributed by atoms with E-state index in [1.807, 2.05) is 37.3 Å². The fourth-order valence-corrected chi connectivity index (χ4v) is 4.67. The quantitative estimate of drug-likeness (QED) is 0.182. The molecule has 0 saturated carbocycles. The standard InChI is InChI=1S/C31H41NO10/c1-20(36-4)12-14-39-29-21(2)42-31(35)25(18-38-17-24(29)15-23-9-7-6-8-10-23)16-26(34)28-30(41-19-40-22(3)33)27(37-5)11-13-32-28/h6-11,13,20-21,24-25,29H,12,14-19H2,1-5H3/t20?,21-,24-,25-,29-/m0/s1. The monoisotopic (exact) mass is 587 g/mol. The van der Waals surface area contributed by atoms with Gasteiger partial charge in [0, 0.05) is 45.2 Å². The van der Waals surface area contributed by atoms with Gasteiger partial charge in [0.2, 0.25) is 6.79 Å². The van der Waals surface area contributed by atoms with Crippen molar-refractivity contribution in [1.29, 1.82) is 0 Å². The van der Waals surface area contributed by atoms with Crippen LogP contribution in [0.4, 0.5) is 0 Å². The molecule has 0 N–H and O–H groups in total. The van der Waals surface area contributed by atoms with Gasteiger partial charge in [-0.1, -0.05) is 30.3 Å². The number of esters is 2. The molecule has 1 unspecified atom stereocenters. The SMILES string of the molecule is COc1ccnc(C(=O)C[C@H]2COC[C@H](Cc3ccccc3)[C@@H](OCCC(C)OC)[C@H](C)OC2=O)c1OCOC(C)=O. The van der Waals surface area contributed by atoms with Crippen LogP contribution in [0.5, 0.6) is 11.5 Å². The van der Waals surface area contributed by atoms with Crippen LogP contribution in [0.15, 0.2) is 42.6 Å². The zero-order chi connectivity index (χ0) is 30.5. The van der Waals surface area contributed by atoms with Gasteiger partial charge in [-0.2, -0.15) is 0 Å². The number of pyridine rings is 1. The van der Waals surface area contributed by atoms with Gasteiger partial charge in [-0.3, -0.25) is 14.4 Å². The number of aromatic nitrogens is 1. The molecule has 0 radical (unpaired) electrons. The number of hydrogen-bond acceptors (Lipinski definition) is 11. The maximum Gasteiger partial charge on any atom is 0.312 e. The first-order chi connectivity index (χ1) is 20.2. The minimum absolute atomic E-state index is 0.0126. The highest BCUT2D eigenvalue weighted by atomic mass is 16.7. The number of cyclic esters (lactones) is 1. The summed E-state index contributed by atoms with van der Waals surface area (Å²) in [7, 11) is 3.06. The molecule has 230 valence electrons. The highest BCUT2D eigenvalue weighted by Crippen LogP contribution is 2.32. The highest BCUT2D eigenvalue weighted by Gasteiger charge is 2.36. The van der Waals surface area contributed by atoms with Crippen LogP contribution in [0.1, 0.15) is 49.7 Å². The van der Waals surface area contributed by atoms with Crippen molar-refractivity contribution in [3.05, 3.63) is 53.9 Å². The fourth-order valence-electron chi connectivity index (χ4n) is 4.67. The first-order valence-corrected chi connectivity index (χ1v) is 14.0. The van der Waals surface area contributed by atoms with Crippen molar-refractivity contribution < 1.29 is 47.5 Å². The summed E-state index contributed by atoms with van der Waals surface area (Å²) in [5, 5.41) is 0. The Bertz CT molecular complexity index is 1160. The molecule has 2 heterocycles. The van der Waals surface area contributed by atoms with Gasteiger partial charge in [-0.15, -0.1) is 0 Å². The minimum atomic E-state index is -0.890. The smallest absolute Gasteiger partial charge is 0.312 e. The van der Waals surface area contributed by atoms with Crippen molar-refractivity contribution in [2.24, 2.45) is 11.8 Å². The van der Waals surface area contributed by atoms with Gasteiger partial charge in [-0.05, 0) is 32.3 Å². The molecule has 0 bridgehead atoms. The van der Waals surface area contributed by atoms with E-state index in [-0.39, 0.29) is 42.2 Å². The Morgan fingerprint density at radius 1 is 1.12 bits per heavy atom. The molecule has 5 atom stereocenters. The average Bonchev–Trinajstić information content (AvgIpc) is 3.02. The van der Waals surface area contributed by atoms with Crippen LogP contribution in [-0.2, 0) is 39.7 Å². The second-order valence-corrected chi connectivity index (χ2v) is 10.2. The fraction of sp³-hybridized carbons (Fsp3) is 0.548. The average molecular weight is 588 g/mol. The van der Waals surface area contributed by atoms with Gasteiger partial charge in [0.25, 0.3) is 0 Å². The second kappa shape index (κ2) is 16.8. The number of rotatable bonds is 14. The predicted molar refractivity (Wildman–Crippen MR) is 151 cm³/mol. The number of ketones is 1. The number of ether oxygens (including phenoxy) is 7. The third kappa shape index (κ3) is 9.78. The molecule has 42 heavy (non-hydrogen) atoms. The zero-order valence-electron chi connectivity index (χ0n) is 24.9. The van der Waals surface area contributed by atoms with Crippen molar-refractivity contribution in [3.8, 4) is 11.5 Å². The van der Waals surface area contributed by atoms with Gasteiger partial charge in [0.1, 0.15) is 6.10 Å². The first-order valence-electron chi connectivity index (χ1n) is 14.0. The maximum absolute atomic E-state index is 13.4. The Labute approximate surface area is 246 Å². The molecule has 11 nitrogen and oxygen atoms in total. The molecule has 2 aromatic rings. The second-order valence-electron chi connectivity index (χ2n) is 10.2. The third-order valence-electron chi connectivity index (χ3n) is 7.04. The summed E-state index contributed by atoms with van der Waals surface area (Å²) in [5.74, 6) is -2.35. The van der Waals surface area contributed by atoms with E-state index in [2.05, 4.69) is 4.98 Å². The Balaban J connectivity index is 1.78. The van der Waals surface area contributed by atoms with E-state index in [9.17, 15) is 14.4 Å². The lowest BCUT2D eigenvalue weighted by Gasteiger charge is -2.31. The van der Waals surface area contributed by atoms with E-state index in [1.165, 1.54) is 26.3 Å². The van der Waals surface area contributed by atoms with Crippen molar-refractivity contribution in [2.75, 3.05) is 40.8 Å². The third-order valence-corrected chi connectivity index (χ3v) is 7.04. The molecule has 1 aliphatic heterocycles. The van der Waals surface area contributed by atoms with Gasteiger partial charge < -0.3 is 33.2 Å². The molecule has 0 amide bonds. The predicted octanol–water partition coefficient (Wildman–Crippen LogP) is 3.81. The van der Waals surface area contributed by atoms with Crippen molar-refractivity contribution in [3.63, 3.8) is 0 Å². The molecular formula is C31H41NO10. The summed E-state index contributed by atoms with van der Waals surface area (Å²) in [6.45, 7) is 5.27. The summed E-state index contributed by atoms with van der Waals surface area (Å²) in [6.07, 6.45) is 1.48. The van der Waals surface area contributed by atoms with E-state index in [1.54, 1.807) is 14.0 Å². The van der Waals surface area contributed by atoms with Crippen LogP contribution in [-0.4, -0.2) is 81.9 Å². The Kier molecular flexibility index (Phi) is 13.2. The lowest BCUT2D eigenvalue weighted by Crippen LogP contribution is -2.40. The van der Waals surface area contributed by atoms with E-state index >= 15 is 0 Å². The van der Waals surface area contributed by atoms with Gasteiger partial charge in [0.15, 0.2) is 23.0 Å². The Hall–Kier alpha value is -3.54. The number of nitrogens with zero attached hydrogens (tertiary/aromatic N) is 1. The normalized spacial score (nSPS) is 21.7. The lowest BCUT2D eigenvalue weighted by molar-refractivity contribution is -0.163. The van der Waals surface area contributed by atoms with Crippen LogP contribution in [0.25, 0.3) is 0 Å². The van der Waals surface area contributed by atoms with Crippen LogP contribution in [0.2, 0.25) is 0 Å². The molecule has 1 fully saturated rings. The van der Waals surface area contributed by atoms with E-state index in [0.29, 0.717) is 26.1 Å². The van der Waals surface area contributed by atoms with Gasteiger partial charge in [0.05, 0.1) is 38.4 Å². The molecule has 3 rings (SSSR count). The molecule has 0 aliphatic carbocycles. The van der Waals surface area contributed by atoms with Crippen LogP contribution in [0.3, 0.4) is 0 Å². The molecule has 1 saturated heterocycles. The largest absolute Gasteiger partial charge is 0.493 e. The van der Waals surface area contributed by atoms with Crippen LogP contribution < -0.4 is 9.47 Å². The van der Waals surface area contributed by atoms with E-state index < -0.39 is 42.6 Å². The number of Topliss-reactive ketones (excluding diaryl/α,β-unsaturated/α-hetero) is 1. The number of hydrogen-bond donors (Lipinski definition) is 0. The number of benzene rings is 1. The van der Waals surface area contributed by atoms with Crippen molar-refractivity contribution >= 4 is 17.7 Å². The zero-order valence-corrected chi connectivity index (χ0v) is 24.9. The van der Waals surface area contributed by atoms with E-state index in [4.69, 9.17) is 33.2 Å². The first kappa shape index (κ1) is 33.0. The van der Waals surface area contributed by atoms with Crippen LogP contribution in [0, 0.1) is 11.8 Å². The summed E-state index contributed by atoms with van der Waals surface area (Å²) >= 11 is 0. The lowest BCUT2D eigenvalue weighted by atomic mass is 9.91. The Morgan fingerprint density at radius 2 is 1.88 bits per heavy atom.